The number of likely N-dealkylation sites (tertiary alicyclic amines) is 1. The molecule has 0 aromatic heterocycles. The van der Waals surface area contributed by atoms with E-state index in [1.54, 1.807) is 0 Å². The fourth-order valence-electron chi connectivity index (χ4n) is 3.27. The summed E-state index contributed by atoms with van der Waals surface area (Å²) in [6, 6.07) is 0. The minimum Gasteiger partial charge on any atom is -0.356 e. The molecule has 0 aromatic carbocycles. The summed E-state index contributed by atoms with van der Waals surface area (Å²) in [5.41, 5.74) is 0. The van der Waals surface area contributed by atoms with E-state index in [4.69, 9.17) is 0 Å². The lowest BCUT2D eigenvalue weighted by Gasteiger charge is -2.19. The van der Waals surface area contributed by atoms with Crippen molar-refractivity contribution in [3.63, 3.8) is 0 Å². The topological polar surface area (TPSA) is 44.4 Å². The Labute approximate surface area is 148 Å². The van der Waals surface area contributed by atoms with Gasteiger partial charge in [0.05, 0.1) is 0 Å². The summed E-state index contributed by atoms with van der Waals surface area (Å²) in [6.45, 7) is 6.72. The molecule has 22 heavy (non-hydrogen) atoms. The number of amides is 1. The van der Waals surface area contributed by atoms with E-state index in [9.17, 15) is 4.79 Å². The molecule has 1 amide bonds. The van der Waals surface area contributed by atoms with Gasteiger partial charge >= 0.3 is 0 Å². The van der Waals surface area contributed by atoms with Crippen LogP contribution in [-0.2, 0) is 4.79 Å². The van der Waals surface area contributed by atoms with E-state index >= 15 is 0 Å². The lowest BCUT2D eigenvalue weighted by Crippen LogP contribution is -2.30. The molecule has 2 aliphatic rings. The first-order valence-electron chi connectivity index (χ1n) is 8.54. The molecular formula is C16H33Cl2N3O. The Kier molecular flexibility index (Phi) is 13.4. The van der Waals surface area contributed by atoms with Crippen LogP contribution in [-0.4, -0.2) is 50.1 Å². The number of hydrogen-bond donors (Lipinski definition) is 2. The molecule has 2 rings (SSSR count). The van der Waals surface area contributed by atoms with Crippen LogP contribution in [0.3, 0.4) is 0 Å². The van der Waals surface area contributed by atoms with E-state index in [0.29, 0.717) is 6.42 Å². The van der Waals surface area contributed by atoms with Crippen LogP contribution in [0.15, 0.2) is 0 Å². The SMILES string of the molecule is Cl.Cl.O=C(CCC1CCNC1)NCCCN1CCCCCC1. The van der Waals surface area contributed by atoms with Gasteiger partial charge in [-0.2, -0.15) is 0 Å². The van der Waals surface area contributed by atoms with Crippen LogP contribution >= 0.6 is 24.8 Å². The second kappa shape index (κ2) is 13.4. The van der Waals surface area contributed by atoms with Gasteiger partial charge in [0.1, 0.15) is 0 Å². The Morgan fingerprint density at radius 1 is 1.14 bits per heavy atom. The molecule has 0 aromatic rings. The van der Waals surface area contributed by atoms with Crippen molar-refractivity contribution in [1.29, 1.82) is 0 Å². The first kappa shape index (κ1) is 22.0. The van der Waals surface area contributed by atoms with Gasteiger partial charge in [0.2, 0.25) is 5.91 Å². The predicted molar refractivity (Wildman–Crippen MR) is 97.2 cm³/mol. The quantitative estimate of drug-likeness (QED) is 0.691. The Balaban J connectivity index is 0.00000220. The van der Waals surface area contributed by atoms with Crippen LogP contribution < -0.4 is 10.6 Å². The van der Waals surface area contributed by atoms with Crippen molar-refractivity contribution >= 4 is 30.7 Å². The molecule has 1 unspecified atom stereocenters. The Hall–Kier alpha value is -0.0300. The molecule has 6 heteroatoms. The van der Waals surface area contributed by atoms with Gasteiger partial charge in [-0.1, -0.05) is 12.8 Å². The molecule has 2 aliphatic heterocycles. The zero-order valence-corrected chi connectivity index (χ0v) is 15.3. The molecule has 1 atom stereocenters. The highest BCUT2D eigenvalue weighted by atomic mass is 35.5. The maximum absolute atomic E-state index is 11.8. The largest absolute Gasteiger partial charge is 0.356 e. The van der Waals surface area contributed by atoms with E-state index < -0.39 is 0 Å². The van der Waals surface area contributed by atoms with Crippen molar-refractivity contribution in [3.8, 4) is 0 Å². The van der Waals surface area contributed by atoms with E-state index in [1.165, 1.54) is 45.2 Å². The van der Waals surface area contributed by atoms with Gasteiger partial charge in [0.15, 0.2) is 0 Å². The summed E-state index contributed by atoms with van der Waals surface area (Å²) >= 11 is 0. The van der Waals surface area contributed by atoms with E-state index in [-0.39, 0.29) is 30.7 Å². The van der Waals surface area contributed by atoms with Crippen molar-refractivity contribution in [2.24, 2.45) is 5.92 Å². The third-order valence-corrected chi connectivity index (χ3v) is 4.61. The normalized spacial score (nSPS) is 22.3. The molecule has 2 fully saturated rings. The average Bonchev–Trinajstić information content (AvgIpc) is 2.84. The van der Waals surface area contributed by atoms with Crippen LogP contribution in [0.1, 0.15) is 51.4 Å². The number of rotatable bonds is 7. The van der Waals surface area contributed by atoms with Gasteiger partial charge in [-0.25, -0.2) is 0 Å². The van der Waals surface area contributed by atoms with Gasteiger partial charge in [0, 0.05) is 13.0 Å². The molecular weight excluding hydrogens is 321 g/mol. The lowest BCUT2D eigenvalue weighted by atomic mass is 10.0. The van der Waals surface area contributed by atoms with Crippen LogP contribution in [0.2, 0.25) is 0 Å². The molecule has 4 nitrogen and oxygen atoms in total. The fourth-order valence-corrected chi connectivity index (χ4v) is 3.27. The fraction of sp³-hybridized carbons (Fsp3) is 0.938. The minimum atomic E-state index is 0. The molecule has 0 radical (unpaired) electrons. The van der Waals surface area contributed by atoms with Crippen LogP contribution in [0, 0.1) is 5.92 Å². The maximum atomic E-state index is 11.8. The van der Waals surface area contributed by atoms with E-state index in [1.807, 2.05) is 0 Å². The summed E-state index contributed by atoms with van der Waals surface area (Å²) in [4.78, 5) is 14.3. The Morgan fingerprint density at radius 3 is 2.50 bits per heavy atom. The van der Waals surface area contributed by atoms with Crippen molar-refractivity contribution in [2.45, 2.75) is 51.4 Å². The number of nitrogens with one attached hydrogen (secondary N) is 2. The van der Waals surface area contributed by atoms with Gasteiger partial charge in [-0.3, -0.25) is 4.79 Å². The van der Waals surface area contributed by atoms with Crippen molar-refractivity contribution in [1.82, 2.24) is 15.5 Å². The molecule has 0 spiro atoms. The zero-order chi connectivity index (χ0) is 14.0. The number of carbonyl (C=O) groups excluding carboxylic acids is 1. The molecule has 0 saturated carbocycles. The highest BCUT2D eigenvalue weighted by molar-refractivity contribution is 5.85. The average molecular weight is 354 g/mol. The predicted octanol–water partition coefficient (Wildman–Crippen LogP) is 2.60. The monoisotopic (exact) mass is 353 g/mol. The number of halogens is 2. The summed E-state index contributed by atoms with van der Waals surface area (Å²) in [5.74, 6) is 0.964. The van der Waals surface area contributed by atoms with E-state index in [2.05, 4.69) is 15.5 Å². The third-order valence-electron chi connectivity index (χ3n) is 4.61. The van der Waals surface area contributed by atoms with Gasteiger partial charge in [-0.15, -0.1) is 24.8 Å². The van der Waals surface area contributed by atoms with Crippen molar-refractivity contribution < 1.29 is 4.79 Å². The van der Waals surface area contributed by atoms with Crippen LogP contribution in [0.4, 0.5) is 0 Å². The highest BCUT2D eigenvalue weighted by Crippen LogP contribution is 2.14. The van der Waals surface area contributed by atoms with Crippen molar-refractivity contribution in [3.05, 3.63) is 0 Å². The number of carbonyl (C=O) groups is 1. The molecule has 2 saturated heterocycles. The molecule has 2 N–H and O–H groups in total. The smallest absolute Gasteiger partial charge is 0.220 e. The number of nitrogens with zero attached hydrogens (tertiary/aromatic N) is 1. The summed E-state index contributed by atoms with van der Waals surface area (Å²) in [7, 11) is 0. The minimum absolute atomic E-state index is 0. The Morgan fingerprint density at radius 2 is 1.86 bits per heavy atom. The van der Waals surface area contributed by atoms with Gasteiger partial charge in [-0.05, 0) is 70.7 Å². The molecule has 0 bridgehead atoms. The highest BCUT2D eigenvalue weighted by Gasteiger charge is 2.15. The zero-order valence-electron chi connectivity index (χ0n) is 13.6. The first-order valence-corrected chi connectivity index (χ1v) is 8.54. The standard InChI is InChI=1S/C16H31N3O.2ClH/c20-16(7-6-15-8-10-17-14-15)18-9-5-13-19-11-3-1-2-4-12-19;;/h15,17H,1-14H2,(H,18,20);2*1H. The second-order valence-corrected chi connectivity index (χ2v) is 6.36. The summed E-state index contributed by atoms with van der Waals surface area (Å²) < 4.78 is 0. The van der Waals surface area contributed by atoms with E-state index in [0.717, 1.165) is 44.9 Å². The van der Waals surface area contributed by atoms with Crippen LogP contribution in [0.5, 0.6) is 0 Å². The summed E-state index contributed by atoms with van der Waals surface area (Å²) in [6.07, 6.45) is 9.57. The molecule has 132 valence electrons. The van der Waals surface area contributed by atoms with Crippen molar-refractivity contribution in [2.75, 3.05) is 39.3 Å². The van der Waals surface area contributed by atoms with Gasteiger partial charge in [0.25, 0.3) is 0 Å². The Bertz CT molecular complexity index is 279. The molecule has 2 heterocycles. The van der Waals surface area contributed by atoms with Gasteiger partial charge < -0.3 is 15.5 Å². The lowest BCUT2D eigenvalue weighted by molar-refractivity contribution is -0.121. The van der Waals surface area contributed by atoms with Crippen LogP contribution in [0.25, 0.3) is 0 Å². The summed E-state index contributed by atoms with van der Waals surface area (Å²) in [5, 5.41) is 6.43. The number of hydrogen-bond acceptors (Lipinski definition) is 3. The second-order valence-electron chi connectivity index (χ2n) is 6.36. The molecule has 0 aliphatic carbocycles. The maximum Gasteiger partial charge on any atom is 0.220 e. The third kappa shape index (κ3) is 9.19. The first-order chi connectivity index (χ1) is 9.84.